The largest absolute Gasteiger partial charge is 0.497 e. The summed E-state index contributed by atoms with van der Waals surface area (Å²) in [6.07, 6.45) is 4.89. The summed E-state index contributed by atoms with van der Waals surface area (Å²) >= 11 is 0. The van der Waals surface area contributed by atoms with Crippen LogP contribution in [0.15, 0.2) is 133 Å². The SMILES string of the molecule is COc1ccc(COC[C@H](C)[C@H](O)[C@@H](C)/C=C(C)/C=C/[C@H]2O[C@@H](c3ccc(OC)cc3)O[C@@H]([C@@H](C)CO[Si](c3ccccc3)(c3ccccc3)C(C)(C)C)[C@H]2C)cc1. The Labute approximate surface area is 349 Å². The van der Waals surface area contributed by atoms with Crippen molar-refractivity contribution in [3.05, 3.63) is 144 Å². The van der Waals surface area contributed by atoms with Gasteiger partial charge in [-0.15, -0.1) is 0 Å². The van der Waals surface area contributed by atoms with E-state index in [1.165, 1.54) is 10.4 Å². The fraction of sp³-hybridized carbons (Fsp3) is 0.440. The van der Waals surface area contributed by atoms with Crippen molar-refractivity contribution in [2.45, 2.75) is 91.6 Å². The average molecular weight is 807 g/mol. The zero-order chi connectivity index (χ0) is 41.9. The first-order valence-electron chi connectivity index (χ1n) is 20.7. The van der Waals surface area contributed by atoms with Gasteiger partial charge in [0.1, 0.15) is 11.5 Å². The number of aliphatic hydroxyl groups excluding tert-OH is 1. The Morgan fingerprint density at radius 1 is 0.776 bits per heavy atom. The number of ether oxygens (including phenoxy) is 5. The minimum atomic E-state index is -2.75. The van der Waals surface area contributed by atoms with E-state index >= 15 is 0 Å². The molecular formula is C50H66O7Si. The minimum Gasteiger partial charge on any atom is -0.497 e. The van der Waals surface area contributed by atoms with Gasteiger partial charge in [-0.25, -0.2) is 0 Å². The normalized spacial score (nSPS) is 21.3. The van der Waals surface area contributed by atoms with Crippen molar-refractivity contribution in [1.82, 2.24) is 0 Å². The molecule has 7 nitrogen and oxygen atoms in total. The third kappa shape index (κ3) is 11.2. The van der Waals surface area contributed by atoms with E-state index in [1.54, 1.807) is 14.2 Å². The summed E-state index contributed by atoms with van der Waals surface area (Å²) in [6.45, 7) is 19.0. The highest BCUT2D eigenvalue weighted by Gasteiger charge is 2.51. The van der Waals surface area contributed by atoms with Crippen molar-refractivity contribution in [2.24, 2.45) is 23.7 Å². The molecule has 1 N–H and O–H groups in total. The zero-order valence-corrected chi connectivity index (χ0v) is 37.3. The molecule has 5 rings (SSSR count). The van der Waals surface area contributed by atoms with Gasteiger partial charge in [-0.3, -0.25) is 0 Å². The van der Waals surface area contributed by atoms with Crippen LogP contribution < -0.4 is 19.8 Å². The molecule has 4 aromatic carbocycles. The van der Waals surface area contributed by atoms with E-state index in [1.807, 2.05) is 55.5 Å². The second-order valence-corrected chi connectivity index (χ2v) is 21.4. The Bertz CT molecular complexity index is 1830. The molecule has 0 bridgehead atoms. The molecule has 8 atom stereocenters. The molecule has 1 aliphatic heterocycles. The predicted molar refractivity (Wildman–Crippen MR) is 237 cm³/mol. The number of rotatable bonds is 18. The Hall–Kier alpha value is -4.02. The van der Waals surface area contributed by atoms with Crippen LogP contribution in [-0.4, -0.2) is 59.2 Å². The molecule has 1 saturated heterocycles. The molecule has 4 aromatic rings. The van der Waals surface area contributed by atoms with Gasteiger partial charge in [0.05, 0.1) is 45.7 Å². The van der Waals surface area contributed by atoms with Crippen LogP contribution in [-0.2, 0) is 25.2 Å². The van der Waals surface area contributed by atoms with Crippen molar-refractivity contribution < 1.29 is 33.2 Å². The first-order chi connectivity index (χ1) is 27.8. The van der Waals surface area contributed by atoms with Gasteiger partial charge in [-0.05, 0) is 52.2 Å². The van der Waals surface area contributed by atoms with Gasteiger partial charge >= 0.3 is 0 Å². The predicted octanol–water partition coefficient (Wildman–Crippen LogP) is 9.69. The van der Waals surface area contributed by atoms with Crippen LogP contribution in [0.4, 0.5) is 0 Å². The lowest BCUT2D eigenvalue weighted by Gasteiger charge is -2.46. The Morgan fingerprint density at radius 3 is 1.86 bits per heavy atom. The molecule has 0 amide bonds. The van der Waals surface area contributed by atoms with Crippen LogP contribution >= 0.6 is 0 Å². The highest BCUT2D eigenvalue weighted by atomic mass is 28.4. The summed E-state index contributed by atoms with van der Waals surface area (Å²) in [5.41, 5.74) is 3.06. The molecule has 1 aliphatic rings. The highest BCUT2D eigenvalue weighted by molar-refractivity contribution is 6.99. The van der Waals surface area contributed by atoms with Gasteiger partial charge < -0.3 is 33.2 Å². The van der Waals surface area contributed by atoms with E-state index < -0.39 is 20.7 Å². The molecule has 0 unspecified atom stereocenters. The van der Waals surface area contributed by atoms with Gasteiger partial charge in [-0.2, -0.15) is 0 Å². The first-order valence-corrected chi connectivity index (χ1v) is 22.6. The quantitative estimate of drug-likeness (QED) is 0.0793. The van der Waals surface area contributed by atoms with Crippen molar-refractivity contribution in [3.8, 4) is 11.5 Å². The van der Waals surface area contributed by atoms with E-state index in [0.29, 0.717) is 19.8 Å². The molecule has 312 valence electrons. The number of methoxy groups -OCH3 is 2. The molecule has 8 heteroatoms. The fourth-order valence-electron chi connectivity index (χ4n) is 8.17. The third-order valence-electron chi connectivity index (χ3n) is 11.5. The summed E-state index contributed by atoms with van der Waals surface area (Å²) in [5.74, 6) is 1.57. The van der Waals surface area contributed by atoms with Crippen molar-refractivity contribution >= 4 is 18.7 Å². The molecule has 0 aromatic heterocycles. The van der Waals surface area contributed by atoms with Crippen LogP contribution in [0.1, 0.15) is 72.8 Å². The van der Waals surface area contributed by atoms with Crippen molar-refractivity contribution in [3.63, 3.8) is 0 Å². The Morgan fingerprint density at radius 2 is 1.33 bits per heavy atom. The number of benzene rings is 4. The van der Waals surface area contributed by atoms with E-state index in [9.17, 15) is 5.11 Å². The molecule has 58 heavy (non-hydrogen) atoms. The van der Waals surface area contributed by atoms with E-state index in [4.69, 9.17) is 28.1 Å². The van der Waals surface area contributed by atoms with Gasteiger partial charge in [-0.1, -0.05) is 157 Å². The third-order valence-corrected chi connectivity index (χ3v) is 16.5. The Balaban J connectivity index is 1.32. The highest BCUT2D eigenvalue weighted by Crippen LogP contribution is 2.40. The maximum Gasteiger partial charge on any atom is 0.261 e. The van der Waals surface area contributed by atoms with E-state index in [-0.39, 0.29) is 40.9 Å². The van der Waals surface area contributed by atoms with Crippen LogP contribution in [0.2, 0.25) is 5.04 Å². The maximum absolute atomic E-state index is 11.2. The van der Waals surface area contributed by atoms with Crippen LogP contribution in [0.3, 0.4) is 0 Å². The smallest absolute Gasteiger partial charge is 0.261 e. The summed E-state index contributed by atoms with van der Waals surface area (Å²) < 4.78 is 37.7. The van der Waals surface area contributed by atoms with E-state index in [2.05, 4.69) is 127 Å². The minimum absolute atomic E-state index is 0.0298. The summed E-state index contributed by atoms with van der Waals surface area (Å²) in [4.78, 5) is 0. The molecule has 0 saturated carbocycles. The summed E-state index contributed by atoms with van der Waals surface area (Å²) in [5, 5.41) is 13.6. The zero-order valence-electron chi connectivity index (χ0n) is 36.3. The summed E-state index contributed by atoms with van der Waals surface area (Å²) in [7, 11) is 0.577. The summed E-state index contributed by atoms with van der Waals surface area (Å²) in [6, 6.07) is 37.3. The van der Waals surface area contributed by atoms with Crippen LogP contribution in [0.25, 0.3) is 0 Å². The second kappa shape index (κ2) is 20.8. The van der Waals surface area contributed by atoms with Crippen LogP contribution in [0.5, 0.6) is 11.5 Å². The molecule has 1 fully saturated rings. The lowest BCUT2D eigenvalue weighted by atomic mass is 9.87. The number of hydrogen-bond acceptors (Lipinski definition) is 7. The van der Waals surface area contributed by atoms with E-state index in [0.717, 1.165) is 28.2 Å². The molecule has 0 radical (unpaired) electrons. The number of hydrogen-bond donors (Lipinski definition) is 1. The standard InChI is InChI=1S/C50H66O7Si/c1-35(31-36(2)47(51)37(3)32-54-34-40-22-26-42(52-9)27-23-40)21-30-46-39(5)48(57-49(56-46)41-24-28-43(53-10)29-25-41)38(4)33-55-58(50(6,7)8,44-17-13-11-14-18-44)45-19-15-12-16-20-45/h11-31,36-39,46-49,51H,32-34H2,1-10H3/b30-21+,35-31+/t36-,37-,38-,39-,46+,47+,48-,49+/m0/s1. The molecule has 0 aliphatic carbocycles. The lowest BCUT2D eigenvalue weighted by molar-refractivity contribution is -0.271. The monoisotopic (exact) mass is 806 g/mol. The first kappa shape index (κ1) is 45.1. The Kier molecular flexibility index (Phi) is 16.2. The molecular weight excluding hydrogens is 741 g/mol. The molecule has 1 heterocycles. The van der Waals surface area contributed by atoms with Crippen molar-refractivity contribution in [1.29, 1.82) is 0 Å². The van der Waals surface area contributed by atoms with Crippen molar-refractivity contribution in [2.75, 3.05) is 27.4 Å². The topological polar surface area (TPSA) is 75.6 Å². The number of aliphatic hydroxyl groups is 1. The number of allylic oxidation sites excluding steroid dienone is 2. The fourth-order valence-corrected chi connectivity index (χ4v) is 12.8. The van der Waals surface area contributed by atoms with Crippen LogP contribution in [0, 0.1) is 23.7 Å². The molecule has 0 spiro atoms. The van der Waals surface area contributed by atoms with Gasteiger partial charge in [0, 0.05) is 35.8 Å². The van der Waals surface area contributed by atoms with Gasteiger partial charge in [0.15, 0.2) is 6.29 Å². The average Bonchev–Trinajstić information content (AvgIpc) is 3.23. The van der Waals surface area contributed by atoms with Gasteiger partial charge in [0.2, 0.25) is 0 Å². The lowest BCUT2D eigenvalue weighted by Crippen LogP contribution is -2.67. The maximum atomic E-state index is 11.2. The second-order valence-electron chi connectivity index (χ2n) is 17.1. The van der Waals surface area contributed by atoms with Gasteiger partial charge in [0.25, 0.3) is 8.32 Å².